The molecule has 0 aliphatic heterocycles. The Morgan fingerprint density at radius 2 is 2.00 bits per heavy atom. The van der Waals surface area contributed by atoms with E-state index in [1.807, 2.05) is 43.3 Å². The predicted molar refractivity (Wildman–Crippen MR) is 119 cm³/mol. The van der Waals surface area contributed by atoms with E-state index in [1.54, 1.807) is 42.6 Å². The number of aromatic nitrogens is 2. The summed E-state index contributed by atoms with van der Waals surface area (Å²) in [5.41, 5.74) is 2.20. The number of ether oxygens (including phenoxy) is 2. The lowest BCUT2D eigenvalue weighted by Gasteiger charge is -2.20. The van der Waals surface area contributed by atoms with Gasteiger partial charge in [-0.3, -0.25) is 14.7 Å². The monoisotopic (exact) mass is 419 g/mol. The molecular formula is C23H21N3O3S. The molecule has 0 unspecified atom stereocenters. The Morgan fingerprint density at radius 1 is 1.13 bits per heavy atom. The summed E-state index contributed by atoms with van der Waals surface area (Å²) in [6.45, 7) is 2.84. The summed E-state index contributed by atoms with van der Waals surface area (Å²) >= 11 is 1.46. The molecule has 2 aromatic heterocycles. The van der Waals surface area contributed by atoms with E-state index in [4.69, 9.17) is 14.5 Å². The van der Waals surface area contributed by atoms with E-state index in [2.05, 4.69) is 4.98 Å². The lowest BCUT2D eigenvalue weighted by molar-refractivity contribution is 0.0984. The summed E-state index contributed by atoms with van der Waals surface area (Å²) in [4.78, 5) is 24.1. The first-order chi connectivity index (χ1) is 14.7. The second-order valence-electron chi connectivity index (χ2n) is 6.52. The minimum Gasteiger partial charge on any atom is -0.497 e. The molecule has 0 saturated carbocycles. The van der Waals surface area contributed by atoms with Crippen molar-refractivity contribution in [2.75, 3.05) is 18.6 Å². The number of rotatable bonds is 7. The molecule has 2 aromatic carbocycles. The van der Waals surface area contributed by atoms with E-state index in [9.17, 15) is 4.79 Å². The van der Waals surface area contributed by atoms with Crippen molar-refractivity contribution in [3.05, 3.63) is 78.1 Å². The molecule has 0 saturated heterocycles. The highest BCUT2D eigenvalue weighted by atomic mass is 32.1. The van der Waals surface area contributed by atoms with Crippen LogP contribution in [0.25, 0.3) is 10.2 Å². The number of para-hydroxylation sites is 1. The second-order valence-corrected chi connectivity index (χ2v) is 7.53. The molecule has 152 valence electrons. The Morgan fingerprint density at radius 3 is 2.77 bits per heavy atom. The standard InChI is InChI=1S/C23H21N3O3S/c1-3-29-19-10-5-11-20-21(19)25-23(30-20)26(15-16-7-6-12-24-14-16)22(27)17-8-4-9-18(13-17)28-2/h4-14H,3,15H2,1-2H3. The van der Waals surface area contributed by atoms with Crippen molar-refractivity contribution in [1.29, 1.82) is 0 Å². The first-order valence-electron chi connectivity index (χ1n) is 9.56. The molecular weight excluding hydrogens is 398 g/mol. The minimum absolute atomic E-state index is 0.158. The van der Waals surface area contributed by atoms with Crippen LogP contribution >= 0.6 is 11.3 Å². The van der Waals surface area contributed by atoms with Crippen molar-refractivity contribution in [2.24, 2.45) is 0 Å². The minimum atomic E-state index is -0.158. The Kier molecular flexibility index (Phi) is 5.90. The van der Waals surface area contributed by atoms with Crippen molar-refractivity contribution in [1.82, 2.24) is 9.97 Å². The van der Waals surface area contributed by atoms with E-state index in [-0.39, 0.29) is 5.91 Å². The van der Waals surface area contributed by atoms with Gasteiger partial charge in [-0.1, -0.05) is 29.5 Å². The number of amides is 1. The summed E-state index contributed by atoms with van der Waals surface area (Å²) in [5.74, 6) is 1.19. The van der Waals surface area contributed by atoms with Crippen LogP contribution in [-0.4, -0.2) is 29.6 Å². The number of benzene rings is 2. The second kappa shape index (κ2) is 8.92. The number of methoxy groups -OCH3 is 1. The summed E-state index contributed by atoms with van der Waals surface area (Å²) in [6.07, 6.45) is 3.47. The van der Waals surface area contributed by atoms with Crippen molar-refractivity contribution in [3.63, 3.8) is 0 Å². The van der Waals surface area contributed by atoms with Gasteiger partial charge in [0.15, 0.2) is 5.13 Å². The van der Waals surface area contributed by atoms with Gasteiger partial charge in [0.1, 0.15) is 17.0 Å². The maximum absolute atomic E-state index is 13.5. The lowest BCUT2D eigenvalue weighted by Crippen LogP contribution is -2.30. The van der Waals surface area contributed by atoms with E-state index >= 15 is 0 Å². The van der Waals surface area contributed by atoms with Crippen LogP contribution < -0.4 is 14.4 Å². The normalized spacial score (nSPS) is 10.7. The van der Waals surface area contributed by atoms with Crippen LogP contribution in [0, 0.1) is 0 Å². The molecule has 30 heavy (non-hydrogen) atoms. The molecule has 0 aliphatic rings. The maximum Gasteiger partial charge on any atom is 0.260 e. The van der Waals surface area contributed by atoms with E-state index in [0.29, 0.717) is 35.3 Å². The van der Waals surface area contributed by atoms with Gasteiger partial charge in [-0.25, -0.2) is 4.98 Å². The average Bonchev–Trinajstić information content (AvgIpc) is 3.23. The van der Waals surface area contributed by atoms with Gasteiger partial charge in [0.25, 0.3) is 5.91 Å². The quantitative estimate of drug-likeness (QED) is 0.424. The zero-order valence-electron chi connectivity index (χ0n) is 16.7. The molecule has 0 radical (unpaired) electrons. The lowest BCUT2D eigenvalue weighted by atomic mass is 10.1. The molecule has 0 N–H and O–H groups in total. The number of carbonyl (C=O) groups excluding carboxylic acids is 1. The molecule has 0 fully saturated rings. The molecule has 6 nitrogen and oxygen atoms in total. The van der Waals surface area contributed by atoms with Crippen molar-refractivity contribution >= 4 is 32.6 Å². The van der Waals surface area contributed by atoms with E-state index in [1.165, 1.54) is 11.3 Å². The Labute approximate surface area is 178 Å². The summed E-state index contributed by atoms with van der Waals surface area (Å²) < 4.78 is 12.0. The van der Waals surface area contributed by atoms with Crippen molar-refractivity contribution in [2.45, 2.75) is 13.5 Å². The zero-order chi connectivity index (χ0) is 20.9. The number of nitrogens with zero attached hydrogens (tertiary/aromatic N) is 3. The van der Waals surface area contributed by atoms with Crippen LogP contribution in [0.4, 0.5) is 5.13 Å². The highest BCUT2D eigenvalue weighted by Gasteiger charge is 2.23. The fourth-order valence-electron chi connectivity index (χ4n) is 3.11. The molecule has 0 spiro atoms. The first kappa shape index (κ1) is 19.8. The fourth-order valence-corrected chi connectivity index (χ4v) is 4.09. The van der Waals surface area contributed by atoms with Crippen molar-refractivity contribution in [3.8, 4) is 11.5 Å². The number of hydrogen-bond donors (Lipinski definition) is 0. The van der Waals surface area contributed by atoms with Crippen LogP contribution in [0.1, 0.15) is 22.8 Å². The third-order valence-corrected chi connectivity index (χ3v) is 5.57. The number of pyridine rings is 1. The average molecular weight is 420 g/mol. The largest absolute Gasteiger partial charge is 0.497 e. The van der Waals surface area contributed by atoms with Crippen molar-refractivity contribution < 1.29 is 14.3 Å². The molecule has 4 rings (SSSR count). The molecule has 2 heterocycles. The van der Waals surface area contributed by atoms with Gasteiger partial charge in [0.2, 0.25) is 0 Å². The smallest absolute Gasteiger partial charge is 0.260 e. The van der Waals surface area contributed by atoms with Gasteiger partial charge in [-0.05, 0) is 48.9 Å². The number of carbonyl (C=O) groups is 1. The number of thiazole rings is 1. The SMILES string of the molecule is CCOc1cccc2sc(N(Cc3cccnc3)C(=O)c3cccc(OC)c3)nc12. The predicted octanol–water partition coefficient (Wildman–Crippen LogP) is 4.95. The van der Waals surface area contributed by atoms with Crippen LogP contribution in [0.3, 0.4) is 0 Å². The molecule has 7 heteroatoms. The summed E-state index contributed by atoms with van der Waals surface area (Å²) in [5, 5.41) is 0.605. The molecule has 0 aliphatic carbocycles. The number of anilines is 1. The molecule has 0 atom stereocenters. The first-order valence-corrected chi connectivity index (χ1v) is 10.4. The third kappa shape index (κ3) is 4.11. The van der Waals surface area contributed by atoms with E-state index in [0.717, 1.165) is 15.8 Å². The third-order valence-electron chi connectivity index (χ3n) is 4.53. The van der Waals surface area contributed by atoms with Gasteiger partial charge < -0.3 is 9.47 Å². The Balaban J connectivity index is 1.78. The molecule has 4 aromatic rings. The van der Waals surface area contributed by atoms with Gasteiger partial charge in [-0.15, -0.1) is 0 Å². The molecule has 0 bridgehead atoms. The summed E-state index contributed by atoms with van der Waals surface area (Å²) in [7, 11) is 1.58. The van der Waals surface area contributed by atoms with Crippen LogP contribution in [0.2, 0.25) is 0 Å². The highest BCUT2D eigenvalue weighted by molar-refractivity contribution is 7.22. The van der Waals surface area contributed by atoms with Gasteiger partial charge in [0.05, 0.1) is 25.0 Å². The maximum atomic E-state index is 13.5. The fraction of sp³-hybridized carbons (Fsp3) is 0.174. The Bertz CT molecular complexity index is 1160. The zero-order valence-corrected chi connectivity index (χ0v) is 17.6. The molecule has 1 amide bonds. The highest BCUT2D eigenvalue weighted by Crippen LogP contribution is 2.35. The topological polar surface area (TPSA) is 64.5 Å². The van der Waals surface area contributed by atoms with Crippen LogP contribution in [0.15, 0.2) is 67.0 Å². The van der Waals surface area contributed by atoms with Crippen LogP contribution in [0.5, 0.6) is 11.5 Å². The Hall–Kier alpha value is -3.45. The number of hydrogen-bond acceptors (Lipinski definition) is 6. The van der Waals surface area contributed by atoms with Crippen LogP contribution in [-0.2, 0) is 6.54 Å². The van der Waals surface area contributed by atoms with Gasteiger partial charge in [-0.2, -0.15) is 0 Å². The van der Waals surface area contributed by atoms with Gasteiger partial charge in [0, 0.05) is 18.0 Å². The van der Waals surface area contributed by atoms with Gasteiger partial charge >= 0.3 is 0 Å². The summed E-state index contributed by atoms with van der Waals surface area (Å²) in [6, 6.07) is 16.7. The number of fused-ring (bicyclic) bond motifs is 1. The van der Waals surface area contributed by atoms with E-state index < -0.39 is 0 Å².